The van der Waals surface area contributed by atoms with Crippen LogP contribution in [-0.4, -0.2) is 28.5 Å². The minimum absolute atomic E-state index is 0.0635. The Hall–Kier alpha value is -2.43. The SMILES string of the molecule is CCCCCNc1nccc(C(=O)N2c3ccccc3CC2C)n1. The zero-order chi connectivity index (χ0) is 16.9. The summed E-state index contributed by atoms with van der Waals surface area (Å²) < 4.78 is 0. The molecular weight excluding hydrogens is 300 g/mol. The van der Waals surface area contributed by atoms with E-state index >= 15 is 0 Å². The summed E-state index contributed by atoms with van der Waals surface area (Å²) in [5.74, 6) is 0.462. The van der Waals surface area contributed by atoms with E-state index < -0.39 is 0 Å². The van der Waals surface area contributed by atoms with Crippen LogP contribution in [0.5, 0.6) is 0 Å². The molecule has 1 amide bonds. The molecule has 1 aliphatic rings. The minimum Gasteiger partial charge on any atom is -0.354 e. The molecule has 2 heterocycles. The van der Waals surface area contributed by atoms with Crippen molar-refractivity contribution in [3.05, 3.63) is 47.8 Å². The van der Waals surface area contributed by atoms with Gasteiger partial charge in [-0.25, -0.2) is 9.97 Å². The average Bonchev–Trinajstić information content (AvgIpc) is 2.94. The first-order valence-electron chi connectivity index (χ1n) is 8.69. The van der Waals surface area contributed by atoms with Gasteiger partial charge in [0.1, 0.15) is 5.69 Å². The van der Waals surface area contributed by atoms with Gasteiger partial charge < -0.3 is 10.2 Å². The van der Waals surface area contributed by atoms with E-state index in [4.69, 9.17) is 0 Å². The van der Waals surface area contributed by atoms with Crippen LogP contribution in [0.25, 0.3) is 0 Å². The van der Waals surface area contributed by atoms with Crippen LogP contribution >= 0.6 is 0 Å². The third kappa shape index (κ3) is 3.40. The third-order valence-electron chi connectivity index (χ3n) is 4.36. The Morgan fingerprint density at radius 2 is 2.12 bits per heavy atom. The van der Waals surface area contributed by atoms with Crippen molar-refractivity contribution in [3.63, 3.8) is 0 Å². The Labute approximate surface area is 143 Å². The molecule has 1 atom stereocenters. The van der Waals surface area contributed by atoms with Gasteiger partial charge in [0.15, 0.2) is 0 Å². The summed E-state index contributed by atoms with van der Waals surface area (Å²) in [6.07, 6.45) is 5.96. The number of nitrogens with one attached hydrogen (secondary N) is 1. The maximum Gasteiger partial charge on any atom is 0.277 e. The fourth-order valence-electron chi connectivity index (χ4n) is 3.14. The fourth-order valence-corrected chi connectivity index (χ4v) is 3.14. The Morgan fingerprint density at radius 1 is 1.29 bits per heavy atom. The number of hydrogen-bond acceptors (Lipinski definition) is 4. The number of rotatable bonds is 6. The fraction of sp³-hybridized carbons (Fsp3) is 0.421. The van der Waals surface area contributed by atoms with E-state index in [1.54, 1.807) is 12.3 Å². The average molecular weight is 324 g/mol. The van der Waals surface area contributed by atoms with Crippen molar-refractivity contribution in [1.29, 1.82) is 0 Å². The third-order valence-corrected chi connectivity index (χ3v) is 4.36. The normalized spacial score (nSPS) is 16.1. The molecule has 0 fully saturated rings. The highest BCUT2D eigenvalue weighted by Crippen LogP contribution is 2.32. The quantitative estimate of drug-likeness (QED) is 0.824. The molecule has 0 bridgehead atoms. The van der Waals surface area contributed by atoms with E-state index in [1.807, 2.05) is 23.1 Å². The molecule has 5 nitrogen and oxygen atoms in total. The summed E-state index contributed by atoms with van der Waals surface area (Å²) >= 11 is 0. The van der Waals surface area contributed by atoms with E-state index in [2.05, 4.69) is 35.2 Å². The van der Waals surface area contributed by atoms with Gasteiger partial charge in [0.2, 0.25) is 5.95 Å². The van der Waals surface area contributed by atoms with Crippen molar-refractivity contribution in [3.8, 4) is 0 Å². The lowest BCUT2D eigenvalue weighted by atomic mass is 10.1. The van der Waals surface area contributed by atoms with Gasteiger partial charge in [-0.2, -0.15) is 0 Å². The molecule has 126 valence electrons. The smallest absolute Gasteiger partial charge is 0.277 e. The number of aromatic nitrogens is 2. The first-order valence-corrected chi connectivity index (χ1v) is 8.69. The predicted molar refractivity (Wildman–Crippen MR) is 96.5 cm³/mol. The topological polar surface area (TPSA) is 58.1 Å². The number of hydrogen-bond donors (Lipinski definition) is 1. The maximum absolute atomic E-state index is 13.0. The molecule has 24 heavy (non-hydrogen) atoms. The molecule has 1 aliphatic heterocycles. The maximum atomic E-state index is 13.0. The molecule has 5 heteroatoms. The molecule has 0 spiro atoms. The van der Waals surface area contributed by atoms with Gasteiger partial charge in [-0.15, -0.1) is 0 Å². The van der Waals surface area contributed by atoms with Crippen molar-refractivity contribution in [2.45, 2.75) is 45.6 Å². The van der Waals surface area contributed by atoms with Gasteiger partial charge in [-0.05, 0) is 37.5 Å². The second-order valence-electron chi connectivity index (χ2n) is 6.26. The first kappa shape index (κ1) is 16.4. The number of benzene rings is 1. The van der Waals surface area contributed by atoms with E-state index in [9.17, 15) is 4.79 Å². The summed E-state index contributed by atoms with van der Waals surface area (Å²) in [5, 5.41) is 3.20. The number of anilines is 2. The van der Waals surface area contributed by atoms with Crippen molar-refractivity contribution >= 4 is 17.5 Å². The first-order chi connectivity index (χ1) is 11.7. The number of carbonyl (C=O) groups is 1. The van der Waals surface area contributed by atoms with Crippen LogP contribution in [0.15, 0.2) is 36.5 Å². The second-order valence-corrected chi connectivity index (χ2v) is 6.26. The second kappa shape index (κ2) is 7.43. The van der Waals surface area contributed by atoms with E-state index in [0.29, 0.717) is 11.6 Å². The lowest BCUT2D eigenvalue weighted by Crippen LogP contribution is -2.36. The highest BCUT2D eigenvalue weighted by atomic mass is 16.2. The van der Waals surface area contributed by atoms with Gasteiger partial charge in [0.05, 0.1) is 0 Å². The monoisotopic (exact) mass is 324 g/mol. The molecule has 3 rings (SSSR count). The minimum atomic E-state index is -0.0635. The molecule has 0 radical (unpaired) electrons. The van der Waals surface area contributed by atoms with Crippen LogP contribution in [0.1, 0.15) is 49.2 Å². The van der Waals surface area contributed by atoms with Gasteiger partial charge in [0.25, 0.3) is 5.91 Å². The van der Waals surface area contributed by atoms with Crippen LogP contribution in [-0.2, 0) is 6.42 Å². The van der Waals surface area contributed by atoms with E-state index in [0.717, 1.165) is 25.1 Å². The van der Waals surface area contributed by atoms with Gasteiger partial charge in [0, 0.05) is 24.5 Å². The number of carbonyl (C=O) groups excluding carboxylic acids is 1. The summed E-state index contributed by atoms with van der Waals surface area (Å²) in [4.78, 5) is 23.4. The Bertz CT molecular complexity index is 716. The number of amides is 1. The van der Waals surface area contributed by atoms with E-state index in [-0.39, 0.29) is 11.9 Å². The summed E-state index contributed by atoms with van der Waals surface area (Å²) in [7, 11) is 0. The van der Waals surface area contributed by atoms with Crippen LogP contribution in [0.4, 0.5) is 11.6 Å². The summed E-state index contributed by atoms with van der Waals surface area (Å²) in [6, 6.07) is 9.90. The van der Waals surface area contributed by atoms with Crippen LogP contribution in [0.2, 0.25) is 0 Å². The molecular formula is C19H24N4O. The molecule has 1 aromatic carbocycles. The van der Waals surface area contributed by atoms with Crippen molar-refractivity contribution in [2.75, 3.05) is 16.8 Å². The zero-order valence-electron chi connectivity index (χ0n) is 14.3. The molecule has 1 aromatic heterocycles. The molecule has 2 aromatic rings. The van der Waals surface area contributed by atoms with Crippen LogP contribution in [0, 0.1) is 0 Å². The molecule has 1 N–H and O–H groups in total. The number of para-hydroxylation sites is 1. The molecule has 0 saturated carbocycles. The lowest BCUT2D eigenvalue weighted by molar-refractivity contribution is 0.0976. The molecule has 1 unspecified atom stereocenters. The summed E-state index contributed by atoms with van der Waals surface area (Å²) in [5.41, 5.74) is 2.64. The van der Waals surface area contributed by atoms with Crippen molar-refractivity contribution in [2.24, 2.45) is 0 Å². The van der Waals surface area contributed by atoms with Crippen molar-refractivity contribution in [1.82, 2.24) is 9.97 Å². The molecule has 0 saturated heterocycles. The Morgan fingerprint density at radius 3 is 2.96 bits per heavy atom. The Kier molecular flexibility index (Phi) is 5.08. The zero-order valence-corrected chi connectivity index (χ0v) is 14.3. The van der Waals surface area contributed by atoms with Crippen LogP contribution < -0.4 is 10.2 Å². The van der Waals surface area contributed by atoms with Crippen molar-refractivity contribution < 1.29 is 4.79 Å². The summed E-state index contributed by atoms with van der Waals surface area (Å²) in [6.45, 7) is 5.07. The standard InChI is InChI=1S/C19H24N4O/c1-3-4-7-11-20-19-21-12-10-16(22-19)18(24)23-14(2)13-15-8-5-6-9-17(15)23/h5-6,8-10,12,14H,3-4,7,11,13H2,1-2H3,(H,20,21,22). The number of nitrogens with zero attached hydrogens (tertiary/aromatic N) is 3. The highest BCUT2D eigenvalue weighted by molar-refractivity contribution is 6.06. The van der Waals surface area contributed by atoms with Gasteiger partial charge in [-0.1, -0.05) is 38.0 Å². The Balaban J connectivity index is 1.76. The van der Waals surface area contributed by atoms with Gasteiger partial charge in [-0.3, -0.25) is 4.79 Å². The number of unbranched alkanes of at least 4 members (excludes halogenated alkanes) is 2. The van der Waals surface area contributed by atoms with E-state index in [1.165, 1.54) is 18.4 Å². The molecule has 0 aliphatic carbocycles. The van der Waals surface area contributed by atoms with Gasteiger partial charge >= 0.3 is 0 Å². The predicted octanol–water partition coefficient (Wildman–Crippen LogP) is 3.67. The van der Waals surface area contributed by atoms with Crippen LogP contribution in [0.3, 0.4) is 0 Å². The largest absolute Gasteiger partial charge is 0.354 e. The number of fused-ring (bicyclic) bond motifs is 1. The lowest BCUT2D eigenvalue weighted by Gasteiger charge is -2.22. The highest BCUT2D eigenvalue weighted by Gasteiger charge is 2.31.